The summed E-state index contributed by atoms with van der Waals surface area (Å²) >= 11 is 3.35. The highest BCUT2D eigenvalue weighted by Gasteiger charge is 2.04. The van der Waals surface area contributed by atoms with Crippen molar-refractivity contribution < 1.29 is 5.11 Å². The number of rotatable bonds is 6. The number of benzene rings is 1. The summed E-state index contributed by atoms with van der Waals surface area (Å²) in [5.41, 5.74) is 1.51. The highest BCUT2D eigenvalue weighted by molar-refractivity contribution is 9.10. The fraction of sp³-hybridized carbons (Fsp3) is 0.417. The summed E-state index contributed by atoms with van der Waals surface area (Å²) in [5.74, 6) is 0. The van der Waals surface area contributed by atoms with Gasteiger partial charge in [0.25, 0.3) is 0 Å². The number of anilines is 1. The zero-order valence-corrected chi connectivity index (χ0v) is 10.6. The zero-order valence-electron chi connectivity index (χ0n) is 9.04. The normalized spacial score (nSPS) is 9.81. The Morgan fingerprint density at radius 1 is 1.31 bits per heavy atom. The van der Waals surface area contributed by atoms with E-state index in [2.05, 4.69) is 27.3 Å². The molecule has 0 radical (unpaired) electrons. The van der Waals surface area contributed by atoms with Crippen molar-refractivity contribution in [2.45, 2.75) is 19.3 Å². The molecule has 0 unspecified atom stereocenters. The molecule has 1 aromatic carbocycles. The van der Waals surface area contributed by atoms with Crippen LogP contribution >= 0.6 is 15.9 Å². The van der Waals surface area contributed by atoms with Crippen molar-refractivity contribution in [1.29, 1.82) is 5.26 Å². The van der Waals surface area contributed by atoms with E-state index in [1.54, 1.807) is 0 Å². The third kappa shape index (κ3) is 3.84. The fourth-order valence-corrected chi connectivity index (χ4v) is 1.88. The van der Waals surface area contributed by atoms with Gasteiger partial charge >= 0.3 is 0 Å². The quantitative estimate of drug-likeness (QED) is 0.789. The number of hydrogen-bond acceptors (Lipinski definition) is 3. The average molecular weight is 283 g/mol. The molecule has 0 aliphatic heterocycles. The Labute approximate surface area is 104 Å². The molecule has 2 N–H and O–H groups in total. The van der Waals surface area contributed by atoms with Gasteiger partial charge in [-0.1, -0.05) is 6.07 Å². The highest BCUT2D eigenvalue weighted by atomic mass is 79.9. The van der Waals surface area contributed by atoms with Crippen LogP contribution in [-0.4, -0.2) is 18.3 Å². The third-order valence-electron chi connectivity index (χ3n) is 2.28. The van der Waals surface area contributed by atoms with Gasteiger partial charge in [-0.15, -0.1) is 0 Å². The van der Waals surface area contributed by atoms with Crippen molar-refractivity contribution in [1.82, 2.24) is 0 Å². The van der Waals surface area contributed by atoms with Gasteiger partial charge in [0.05, 0.1) is 11.3 Å². The van der Waals surface area contributed by atoms with Crippen LogP contribution in [0, 0.1) is 11.3 Å². The number of nitrogens with zero attached hydrogens (tertiary/aromatic N) is 1. The molecule has 0 saturated heterocycles. The molecule has 0 saturated carbocycles. The lowest BCUT2D eigenvalue weighted by Gasteiger charge is -2.08. The Morgan fingerprint density at radius 2 is 2.12 bits per heavy atom. The predicted octanol–water partition coefficient (Wildman–Crippen LogP) is 2.90. The Bertz CT molecular complexity index is 374. The van der Waals surface area contributed by atoms with Crippen molar-refractivity contribution in [3.05, 3.63) is 28.2 Å². The van der Waals surface area contributed by atoms with Gasteiger partial charge in [0, 0.05) is 17.6 Å². The van der Waals surface area contributed by atoms with Gasteiger partial charge < -0.3 is 10.4 Å². The molecule has 0 spiro atoms. The lowest BCUT2D eigenvalue weighted by Crippen LogP contribution is -2.03. The van der Waals surface area contributed by atoms with Crippen LogP contribution < -0.4 is 5.32 Å². The Kier molecular flexibility index (Phi) is 5.91. The molecule has 16 heavy (non-hydrogen) atoms. The molecule has 4 heteroatoms. The molecule has 0 fully saturated rings. The standard InChI is InChI=1S/C12H15BrN2O/c13-11-5-4-6-12(10(11)9-14)15-7-2-1-3-8-16/h4-6,15-16H,1-3,7-8H2. The first-order valence-corrected chi connectivity index (χ1v) is 6.12. The van der Waals surface area contributed by atoms with Gasteiger partial charge in [-0.3, -0.25) is 0 Å². The van der Waals surface area contributed by atoms with E-state index < -0.39 is 0 Å². The molecule has 0 heterocycles. The van der Waals surface area contributed by atoms with Crippen molar-refractivity contribution in [3.63, 3.8) is 0 Å². The maximum absolute atomic E-state index is 8.99. The van der Waals surface area contributed by atoms with E-state index in [1.165, 1.54) is 0 Å². The van der Waals surface area contributed by atoms with Crippen LogP contribution in [0.3, 0.4) is 0 Å². The minimum absolute atomic E-state index is 0.250. The molecule has 0 aliphatic rings. The van der Waals surface area contributed by atoms with Gasteiger partial charge in [-0.25, -0.2) is 0 Å². The summed E-state index contributed by atoms with van der Waals surface area (Å²) in [6, 6.07) is 7.83. The van der Waals surface area contributed by atoms with Crippen molar-refractivity contribution >= 4 is 21.6 Å². The van der Waals surface area contributed by atoms with Crippen LogP contribution in [0.4, 0.5) is 5.69 Å². The maximum atomic E-state index is 8.99. The molecular formula is C12H15BrN2O. The number of hydrogen-bond donors (Lipinski definition) is 2. The van der Waals surface area contributed by atoms with E-state index >= 15 is 0 Å². The molecule has 0 aliphatic carbocycles. The Morgan fingerprint density at radius 3 is 2.81 bits per heavy atom. The largest absolute Gasteiger partial charge is 0.396 e. The fourth-order valence-electron chi connectivity index (χ4n) is 1.42. The summed E-state index contributed by atoms with van der Waals surface area (Å²) < 4.78 is 0.815. The van der Waals surface area contributed by atoms with Crippen LogP contribution in [0.25, 0.3) is 0 Å². The van der Waals surface area contributed by atoms with Gasteiger partial charge in [-0.2, -0.15) is 5.26 Å². The molecule has 0 aromatic heterocycles. The molecule has 0 amide bonds. The molecule has 3 nitrogen and oxygen atoms in total. The first-order valence-electron chi connectivity index (χ1n) is 5.33. The van der Waals surface area contributed by atoms with Crippen molar-refractivity contribution in [2.75, 3.05) is 18.5 Å². The van der Waals surface area contributed by atoms with E-state index in [9.17, 15) is 0 Å². The van der Waals surface area contributed by atoms with E-state index in [0.29, 0.717) is 5.56 Å². The monoisotopic (exact) mass is 282 g/mol. The van der Waals surface area contributed by atoms with Gasteiger partial charge in [0.1, 0.15) is 6.07 Å². The number of nitriles is 1. The third-order valence-corrected chi connectivity index (χ3v) is 2.94. The number of aliphatic hydroxyl groups is 1. The van der Waals surface area contributed by atoms with Crippen LogP contribution in [0.15, 0.2) is 22.7 Å². The number of halogens is 1. The Hall–Kier alpha value is -1.05. The number of unbranched alkanes of at least 4 members (excludes halogenated alkanes) is 2. The average Bonchev–Trinajstić information content (AvgIpc) is 2.29. The predicted molar refractivity (Wildman–Crippen MR) is 68.3 cm³/mol. The van der Waals surface area contributed by atoms with Gasteiger partial charge in [0.15, 0.2) is 0 Å². The van der Waals surface area contributed by atoms with E-state index in [0.717, 1.165) is 36.0 Å². The molecule has 1 aromatic rings. The first kappa shape index (κ1) is 13.0. The molecular weight excluding hydrogens is 268 g/mol. The minimum atomic E-state index is 0.250. The smallest absolute Gasteiger partial charge is 0.103 e. The summed E-state index contributed by atoms with van der Waals surface area (Å²) in [6.07, 6.45) is 2.84. The van der Waals surface area contributed by atoms with Crippen LogP contribution in [-0.2, 0) is 0 Å². The van der Waals surface area contributed by atoms with Crippen molar-refractivity contribution in [3.8, 4) is 6.07 Å². The molecule has 86 valence electrons. The van der Waals surface area contributed by atoms with Crippen molar-refractivity contribution in [2.24, 2.45) is 0 Å². The summed E-state index contributed by atoms with van der Waals surface area (Å²) in [6.45, 7) is 1.07. The zero-order chi connectivity index (χ0) is 11.8. The summed E-state index contributed by atoms with van der Waals surface area (Å²) in [7, 11) is 0. The van der Waals surface area contributed by atoms with Crippen LogP contribution in [0.1, 0.15) is 24.8 Å². The van der Waals surface area contributed by atoms with E-state index in [-0.39, 0.29) is 6.61 Å². The van der Waals surface area contributed by atoms with Gasteiger partial charge in [-0.05, 0) is 47.3 Å². The number of aliphatic hydroxyl groups excluding tert-OH is 1. The topological polar surface area (TPSA) is 56.0 Å². The van der Waals surface area contributed by atoms with Crippen LogP contribution in [0.2, 0.25) is 0 Å². The highest BCUT2D eigenvalue weighted by Crippen LogP contribution is 2.23. The molecule has 0 atom stereocenters. The van der Waals surface area contributed by atoms with Crippen LogP contribution in [0.5, 0.6) is 0 Å². The van der Waals surface area contributed by atoms with E-state index in [4.69, 9.17) is 10.4 Å². The van der Waals surface area contributed by atoms with Gasteiger partial charge in [0.2, 0.25) is 0 Å². The second-order valence-electron chi connectivity index (χ2n) is 3.49. The molecule has 1 rings (SSSR count). The number of nitrogens with one attached hydrogen (secondary N) is 1. The maximum Gasteiger partial charge on any atom is 0.103 e. The molecule has 0 bridgehead atoms. The lowest BCUT2D eigenvalue weighted by molar-refractivity contribution is 0.283. The Balaban J connectivity index is 2.48. The second kappa shape index (κ2) is 7.26. The minimum Gasteiger partial charge on any atom is -0.396 e. The van der Waals surface area contributed by atoms with E-state index in [1.807, 2.05) is 18.2 Å². The summed E-state index contributed by atoms with van der Waals surface area (Å²) in [5, 5.41) is 20.8. The first-order chi connectivity index (χ1) is 7.79. The lowest BCUT2D eigenvalue weighted by atomic mass is 10.2. The SMILES string of the molecule is N#Cc1c(Br)cccc1NCCCCCO. The summed E-state index contributed by atoms with van der Waals surface area (Å²) in [4.78, 5) is 0. The second-order valence-corrected chi connectivity index (χ2v) is 4.34.